The van der Waals surface area contributed by atoms with Crippen LogP contribution in [0.5, 0.6) is 0 Å². The molecule has 0 aliphatic carbocycles. The molecule has 0 heterocycles. The molecule has 0 atom stereocenters. The van der Waals surface area contributed by atoms with E-state index < -0.39 is 5.97 Å². The first-order valence-electron chi connectivity index (χ1n) is 6.28. The van der Waals surface area contributed by atoms with Gasteiger partial charge in [0, 0.05) is 6.08 Å². The summed E-state index contributed by atoms with van der Waals surface area (Å²) >= 11 is 0. The number of carbonyl (C=O) groups is 1. The second-order valence-electron chi connectivity index (χ2n) is 4.40. The fourth-order valence-electron chi connectivity index (χ4n) is 1.95. The summed E-state index contributed by atoms with van der Waals surface area (Å²) in [6.07, 6.45) is 4.73. The normalized spacial score (nSPS) is 10.7. The van der Waals surface area contributed by atoms with Crippen LogP contribution in [0.25, 0.3) is 6.08 Å². The first-order valence-corrected chi connectivity index (χ1v) is 6.28. The van der Waals surface area contributed by atoms with Gasteiger partial charge in [-0.15, -0.1) is 0 Å². The van der Waals surface area contributed by atoms with E-state index in [0.29, 0.717) is 0 Å². The predicted octanol–water partition coefficient (Wildman–Crippen LogP) is 3.57. The van der Waals surface area contributed by atoms with Crippen LogP contribution >= 0.6 is 0 Å². The van der Waals surface area contributed by atoms with Crippen molar-refractivity contribution in [2.24, 2.45) is 0 Å². The van der Waals surface area contributed by atoms with Crippen molar-refractivity contribution in [3.05, 3.63) is 77.4 Å². The average Bonchev–Trinajstić information content (AvgIpc) is 2.44. The number of hydrogen-bond acceptors (Lipinski definition) is 1. The molecule has 2 aromatic carbocycles. The summed E-state index contributed by atoms with van der Waals surface area (Å²) in [6, 6.07) is 18.3. The van der Waals surface area contributed by atoms with Gasteiger partial charge in [-0.25, -0.2) is 4.79 Å². The summed E-state index contributed by atoms with van der Waals surface area (Å²) in [5, 5.41) is 8.61. The summed E-state index contributed by atoms with van der Waals surface area (Å²) in [5.41, 5.74) is 3.46. The van der Waals surface area contributed by atoms with Crippen molar-refractivity contribution in [3.8, 4) is 0 Å². The minimum Gasteiger partial charge on any atom is -0.478 e. The fourth-order valence-corrected chi connectivity index (χ4v) is 1.95. The maximum absolute atomic E-state index is 10.5. The Morgan fingerprint density at radius 3 is 2.37 bits per heavy atom. The second kappa shape index (κ2) is 6.55. The van der Waals surface area contributed by atoms with E-state index in [9.17, 15) is 4.79 Å². The summed E-state index contributed by atoms with van der Waals surface area (Å²) in [7, 11) is 0. The minimum atomic E-state index is -0.922. The molecule has 2 heteroatoms. The predicted molar refractivity (Wildman–Crippen MR) is 77.0 cm³/mol. The third-order valence-electron chi connectivity index (χ3n) is 2.91. The van der Waals surface area contributed by atoms with Gasteiger partial charge >= 0.3 is 5.97 Å². The maximum atomic E-state index is 10.5. The highest BCUT2D eigenvalue weighted by Gasteiger charge is 1.97. The zero-order valence-electron chi connectivity index (χ0n) is 10.6. The van der Waals surface area contributed by atoms with Gasteiger partial charge in [-0.05, 0) is 35.6 Å². The van der Waals surface area contributed by atoms with Crippen LogP contribution in [0, 0.1) is 0 Å². The highest BCUT2D eigenvalue weighted by Crippen LogP contribution is 2.11. The zero-order chi connectivity index (χ0) is 13.5. The standard InChI is InChI=1S/C17H16O2/c18-17(19)12-11-16-8-4-7-15(13-16)10-9-14-5-2-1-3-6-14/h1-8,11-13H,9-10H2,(H,18,19)/b12-11+. The van der Waals surface area contributed by atoms with Crippen molar-refractivity contribution >= 4 is 12.0 Å². The number of hydrogen-bond donors (Lipinski definition) is 1. The molecule has 0 radical (unpaired) electrons. The Morgan fingerprint density at radius 1 is 0.947 bits per heavy atom. The van der Waals surface area contributed by atoms with Crippen LogP contribution in [0.15, 0.2) is 60.7 Å². The molecule has 0 saturated heterocycles. The molecule has 0 aliphatic heterocycles. The van der Waals surface area contributed by atoms with Gasteiger partial charge in [0.2, 0.25) is 0 Å². The first-order chi connectivity index (χ1) is 9.24. The number of benzene rings is 2. The van der Waals surface area contributed by atoms with Crippen LogP contribution in [0.2, 0.25) is 0 Å². The number of carboxylic acid groups (broad SMARTS) is 1. The molecule has 19 heavy (non-hydrogen) atoms. The molecule has 0 unspecified atom stereocenters. The van der Waals surface area contributed by atoms with Crippen molar-refractivity contribution in [1.82, 2.24) is 0 Å². The lowest BCUT2D eigenvalue weighted by atomic mass is 10.0. The number of aryl methyl sites for hydroxylation is 2. The van der Waals surface area contributed by atoms with Crippen LogP contribution in [-0.2, 0) is 17.6 Å². The van der Waals surface area contributed by atoms with E-state index in [1.54, 1.807) is 6.08 Å². The minimum absolute atomic E-state index is 0.922. The molecule has 2 rings (SSSR count). The Morgan fingerprint density at radius 2 is 1.63 bits per heavy atom. The van der Waals surface area contributed by atoms with Gasteiger partial charge in [-0.2, -0.15) is 0 Å². The van der Waals surface area contributed by atoms with E-state index in [4.69, 9.17) is 5.11 Å². The topological polar surface area (TPSA) is 37.3 Å². The number of carboxylic acids is 1. The van der Waals surface area contributed by atoms with Crippen LogP contribution < -0.4 is 0 Å². The Kier molecular flexibility index (Phi) is 4.51. The maximum Gasteiger partial charge on any atom is 0.328 e. The Bertz CT molecular complexity index is 571. The second-order valence-corrected chi connectivity index (χ2v) is 4.40. The highest BCUT2D eigenvalue weighted by atomic mass is 16.4. The van der Waals surface area contributed by atoms with Crippen molar-refractivity contribution in [1.29, 1.82) is 0 Å². The van der Waals surface area contributed by atoms with Crippen LogP contribution in [0.1, 0.15) is 16.7 Å². The van der Waals surface area contributed by atoms with E-state index in [0.717, 1.165) is 24.5 Å². The van der Waals surface area contributed by atoms with Gasteiger partial charge in [0.1, 0.15) is 0 Å². The largest absolute Gasteiger partial charge is 0.478 e. The smallest absolute Gasteiger partial charge is 0.328 e. The van der Waals surface area contributed by atoms with E-state index >= 15 is 0 Å². The molecule has 0 amide bonds. The van der Waals surface area contributed by atoms with Crippen molar-refractivity contribution in [2.75, 3.05) is 0 Å². The van der Waals surface area contributed by atoms with E-state index in [2.05, 4.69) is 18.2 Å². The lowest BCUT2D eigenvalue weighted by Gasteiger charge is -2.03. The first kappa shape index (κ1) is 13.1. The zero-order valence-corrected chi connectivity index (χ0v) is 10.6. The average molecular weight is 252 g/mol. The molecule has 2 aromatic rings. The summed E-state index contributed by atoms with van der Waals surface area (Å²) in [6.45, 7) is 0. The highest BCUT2D eigenvalue weighted by molar-refractivity contribution is 5.85. The fraction of sp³-hybridized carbons (Fsp3) is 0.118. The monoisotopic (exact) mass is 252 g/mol. The third kappa shape index (κ3) is 4.43. The summed E-state index contributed by atoms with van der Waals surface area (Å²) in [5.74, 6) is -0.922. The van der Waals surface area contributed by atoms with Crippen LogP contribution in [-0.4, -0.2) is 11.1 Å². The molecular weight excluding hydrogens is 236 g/mol. The molecule has 0 spiro atoms. The molecule has 96 valence electrons. The molecule has 0 bridgehead atoms. The lowest BCUT2D eigenvalue weighted by Crippen LogP contribution is -1.91. The van der Waals surface area contributed by atoms with Crippen molar-refractivity contribution in [2.45, 2.75) is 12.8 Å². The Labute approximate surface area is 113 Å². The molecular formula is C17H16O2. The Balaban J connectivity index is 2.01. The SMILES string of the molecule is O=C(O)/C=C/c1cccc(CCc2ccccc2)c1. The van der Waals surface area contributed by atoms with Crippen LogP contribution in [0.4, 0.5) is 0 Å². The molecule has 0 fully saturated rings. The van der Waals surface area contributed by atoms with Crippen molar-refractivity contribution in [3.63, 3.8) is 0 Å². The molecule has 2 nitrogen and oxygen atoms in total. The molecule has 0 aliphatic rings. The van der Waals surface area contributed by atoms with Gasteiger partial charge in [-0.1, -0.05) is 54.6 Å². The molecule has 0 saturated carbocycles. The van der Waals surface area contributed by atoms with Crippen molar-refractivity contribution < 1.29 is 9.90 Å². The van der Waals surface area contributed by atoms with E-state index in [1.807, 2.05) is 36.4 Å². The van der Waals surface area contributed by atoms with Gasteiger partial charge in [0.15, 0.2) is 0 Å². The van der Waals surface area contributed by atoms with Gasteiger partial charge in [0.05, 0.1) is 0 Å². The van der Waals surface area contributed by atoms with Gasteiger partial charge in [0.25, 0.3) is 0 Å². The van der Waals surface area contributed by atoms with Crippen LogP contribution in [0.3, 0.4) is 0 Å². The summed E-state index contributed by atoms with van der Waals surface area (Å²) in [4.78, 5) is 10.5. The Hall–Kier alpha value is -2.35. The summed E-state index contributed by atoms with van der Waals surface area (Å²) < 4.78 is 0. The third-order valence-corrected chi connectivity index (χ3v) is 2.91. The molecule has 1 N–H and O–H groups in total. The lowest BCUT2D eigenvalue weighted by molar-refractivity contribution is -0.131. The van der Waals surface area contributed by atoms with E-state index in [1.165, 1.54) is 11.1 Å². The quantitative estimate of drug-likeness (QED) is 0.826. The van der Waals surface area contributed by atoms with Gasteiger partial charge in [-0.3, -0.25) is 0 Å². The van der Waals surface area contributed by atoms with Gasteiger partial charge < -0.3 is 5.11 Å². The number of aliphatic carboxylic acids is 1. The number of rotatable bonds is 5. The molecule has 0 aromatic heterocycles. The van der Waals surface area contributed by atoms with E-state index in [-0.39, 0.29) is 0 Å².